The molecule has 2 aromatic rings. The highest BCUT2D eigenvalue weighted by atomic mass is 32.2. The highest BCUT2D eigenvalue weighted by molar-refractivity contribution is 7.85. The number of fused-ring (bicyclic) bond motifs is 2. The van der Waals surface area contributed by atoms with Crippen LogP contribution in [0.3, 0.4) is 0 Å². The van der Waals surface area contributed by atoms with Gasteiger partial charge in [-0.2, -0.15) is 15.1 Å². The van der Waals surface area contributed by atoms with Crippen LogP contribution in [0.2, 0.25) is 0 Å². The number of aromatic nitrogens is 4. The van der Waals surface area contributed by atoms with Crippen molar-refractivity contribution in [2.75, 3.05) is 22.9 Å². The Kier molecular flexibility index (Phi) is 2.55. The third-order valence-electron chi connectivity index (χ3n) is 4.19. The second-order valence-corrected chi connectivity index (χ2v) is 7.42. The Morgan fingerprint density at radius 2 is 2.33 bits per heavy atom. The summed E-state index contributed by atoms with van der Waals surface area (Å²) in [5, 5.41) is 18.5. The molecule has 0 saturated carbocycles. The highest BCUT2D eigenvalue weighted by Crippen LogP contribution is 2.38. The maximum Gasteiger partial charge on any atom is 0.224 e. The summed E-state index contributed by atoms with van der Waals surface area (Å²) >= 11 is 0. The Morgan fingerprint density at radius 1 is 1.52 bits per heavy atom. The molecule has 0 aromatic carbocycles. The van der Waals surface area contributed by atoms with Crippen molar-refractivity contribution in [1.29, 1.82) is 0 Å². The zero-order valence-electron chi connectivity index (χ0n) is 11.5. The fraction of sp³-hybridized carbons (Fsp3) is 0.583. The van der Waals surface area contributed by atoms with Gasteiger partial charge in [-0.1, -0.05) is 0 Å². The van der Waals surface area contributed by atoms with E-state index in [1.807, 2.05) is 11.8 Å². The van der Waals surface area contributed by atoms with E-state index in [1.54, 1.807) is 0 Å². The molecule has 4 heterocycles. The lowest BCUT2D eigenvalue weighted by Crippen LogP contribution is -2.53. The lowest BCUT2D eigenvalue weighted by Gasteiger charge is -2.42. The van der Waals surface area contributed by atoms with Crippen LogP contribution in [0.15, 0.2) is 5.03 Å². The first-order chi connectivity index (χ1) is 9.94. The molecule has 9 heteroatoms. The number of anilines is 2. The first-order valence-electron chi connectivity index (χ1n) is 6.84. The summed E-state index contributed by atoms with van der Waals surface area (Å²) in [7, 11) is -1.19. The van der Waals surface area contributed by atoms with E-state index in [0.717, 1.165) is 6.42 Å². The van der Waals surface area contributed by atoms with Gasteiger partial charge in [0.2, 0.25) is 5.95 Å². The summed E-state index contributed by atoms with van der Waals surface area (Å²) in [5.74, 6) is 1.24. The number of nitrogens with two attached hydrogens (primary N) is 1. The van der Waals surface area contributed by atoms with E-state index in [4.69, 9.17) is 5.73 Å². The minimum Gasteiger partial charge on any atom is -0.388 e. The van der Waals surface area contributed by atoms with Gasteiger partial charge in [0, 0.05) is 12.6 Å². The van der Waals surface area contributed by atoms with Gasteiger partial charge in [-0.25, -0.2) is 0 Å². The number of hydrogen-bond donors (Lipinski definition) is 3. The lowest BCUT2D eigenvalue weighted by molar-refractivity contribution is 0.0380. The number of nitrogens with zero attached hydrogens (tertiary/aromatic N) is 4. The van der Waals surface area contributed by atoms with Crippen molar-refractivity contribution < 1.29 is 9.32 Å². The fourth-order valence-corrected chi connectivity index (χ4v) is 4.58. The highest BCUT2D eigenvalue weighted by Gasteiger charge is 2.40. The zero-order chi connectivity index (χ0) is 14.8. The third-order valence-corrected chi connectivity index (χ3v) is 5.63. The molecule has 3 atom stereocenters. The summed E-state index contributed by atoms with van der Waals surface area (Å²) in [4.78, 5) is 10.4. The van der Waals surface area contributed by atoms with Crippen LogP contribution < -0.4 is 10.6 Å². The van der Waals surface area contributed by atoms with Crippen molar-refractivity contribution in [2.45, 2.75) is 36.4 Å². The molecule has 1 fully saturated rings. The van der Waals surface area contributed by atoms with E-state index in [0.29, 0.717) is 40.6 Å². The molecular formula is C12H16N6O2S. The van der Waals surface area contributed by atoms with Gasteiger partial charge in [-0.15, -0.1) is 0 Å². The quantitative estimate of drug-likeness (QED) is 0.615. The Morgan fingerprint density at radius 3 is 3.14 bits per heavy atom. The summed E-state index contributed by atoms with van der Waals surface area (Å²) in [6, 6.07) is 0.0735. The molecule has 0 amide bonds. The fourth-order valence-electron chi connectivity index (χ4n) is 3.16. The normalized spacial score (nSPS) is 32.0. The van der Waals surface area contributed by atoms with Crippen LogP contribution in [0.1, 0.15) is 19.8 Å². The van der Waals surface area contributed by atoms with Gasteiger partial charge in [0.25, 0.3) is 0 Å². The average molecular weight is 308 g/mol. The largest absolute Gasteiger partial charge is 0.388 e. The second-order valence-electron chi connectivity index (χ2n) is 5.99. The van der Waals surface area contributed by atoms with Gasteiger partial charge in [0.15, 0.2) is 5.65 Å². The minimum atomic E-state index is -1.19. The number of rotatable bonds is 0. The van der Waals surface area contributed by atoms with E-state index >= 15 is 0 Å². The summed E-state index contributed by atoms with van der Waals surface area (Å²) < 4.78 is 12.5. The molecule has 2 aliphatic heterocycles. The maximum atomic E-state index is 12.5. The number of aliphatic hydroxyl groups is 1. The summed E-state index contributed by atoms with van der Waals surface area (Å²) in [6.07, 6.45) is 1.45. The Bertz CT molecular complexity index is 758. The molecule has 0 radical (unpaired) electrons. The predicted octanol–water partition coefficient (Wildman–Crippen LogP) is -0.224. The zero-order valence-corrected chi connectivity index (χ0v) is 12.4. The first-order valence-corrected chi connectivity index (χ1v) is 8.15. The van der Waals surface area contributed by atoms with E-state index < -0.39 is 16.4 Å². The smallest absolute Gasteiger partial charge is 0.224 e. The molecule has 112 valence electrons. The van der Waals surface area contributed by atoms with E-state index in [1.165, 1.54) is 0 Å². The van der Waals surface area contributed by atoms with Crippen molar-refractivity contribution in [1.82, 2.24) is 20.2 Å². The monoisotopic (exact) mass is 308 g/mol. The van der Waals surface area contributed by atoms with Crippen LogP contribution in [-0.4, -0.2) is 53.4 Å². The molecule has 3 unspecified atom stereocenters. The van der Waals surface area contributed by atoms with Crippen molar-refractivity contribution in [2.24, 2.45) is 0 Å². The van der Waals surface area contributed by atoms with E-state index in [2.05, 4.69) is 20.2 Å². The van der Waals surface area contributed by atoms with Crippen LogP contribution in [0.25, 0.3) is 11.0 Å². The Balaban J connectivity index is 1.97. The molecule has 4 N–H and O–H groups in total. The van der Waals surface area contributed by atoms with Gasteiger partial charge in [0.1, 0.15) is 10.8 Å². The topological polar surface area (TPSA) is 121 Å². The van der Waals surface area contributed by atoms with Gasteiger partial charge >= 0.3 is 0 Å². The molecule has 0 spiro atoms. The van der Waals surface area contributed by atoms with Crippen molar-refractivity contribution >= 4 is 33.6 Å². The van der Waals surface area contributed by atoms with Gasteiger partial charge in [-0.3, -0.25) is 9.31 Å². The Labute approximate surface area is 123 Å². The van der Waals surface area contributed by atoms with Crippen LogP contribution in [0.4, 0.5) is 11.8 Å². The SMILES string of the molecule is CC1(O)CCC2CS(=O)c3[nH]nc4nc(N)nc(c34)N2C1. The Hall–Kier alpha value is -1.74. The molecular weight excluding hydrogens is 292 g/mol. The lowest BCUT2D eigenvalue weighted by atomic mass is 9.91. The van der Waals surface area contributed by atoms with Crippen molar-refractivity contribution in [3.8, 4) is 0 Å². The molecule has 2 aliphatic rings. The molecule has 0 bridgehead atoms. The molecule has 4 rings (SSSR count). The minimum absolute atomic E-state index is 0.0735. The summed E-state index contributed by atoms with van der Waals surface area (Å²) in [5.41, 5.74) is 5.40. The van der Waals surface area contributed by atoms with Gasteiger partial charge in [0.05, 0.1) is 27.5 Å². The number of aromatic amines is 1. The summed E-state index contributed by atoms with van der Waals surface area (Å²) in [6.45, 7) is 2.24. The maximum absolute atomic E-state index is 12.5. The number of nitrogens with one attached hydrogen (secondary N) is 1. The van der Waals surface area contributed by atoms with Gasteiger partial charge in [-0.05, 0) is 19.8 Å². The standard InChI is InChI=1S/C12H16N6O2S/c1-12(19)3-2-6-4-21(20)10-7-8(16-17-10)14-11(13)15-9(7)18(6)5-12/h6,19H,2-5H2,1H3,(H3,13,14,15,16,17). The van der Waals surface area contributed by atoms with Gasteiger partial charge < -0.3 is 15.7 Å². The number of H-pyrrole nitrogens is 1. The molecule has 0 aliphatic carbocycles. The van der Waals surface area contributed by atoms with E-state index in [-0.39, 0.29) is 12.0 Å². The number of nitrogen functional groups attached to an aromatic ring is 1. The molecule has 1 saturated heterocycles. The van der Waals surface area contributed by atoms with Crippen LogP contribution in [-0.2, 0) is 10.8 Å². The molecule has 8 nitrogen and oxygen atoms in total. The number of piperidine rings is 1. The average Bonchev–Trinajstić information content (AvgIpc) is 2.78. The van der Waals surface area contributed by atoms with E-state index in [9.17, 15) is 9.32 Å². The van der Waals surface area contributed by atoms with Crippen LogP contribution in [0.5, 0.6) is 0 Å². The van der Waals surface area contributed by atoms with Crippen molar-refractivity contribution in [3.63, 3.8) is 0 Å². The predicted molar refractivity (Wildman–Crippen MR) is 78.4 cm³/mol. The second kappa shape index (κ2) is 4.14. The molecule has 21 heavy (non-hydrogen) atoms. The molecule has 2 aromatic heterocycles. The van der Waals surface area contributed by atoms with Crippen LogP contribution >= 0.6 is 0 Å². The number of hydrogen-bond acceptors (Lipinski definition) is 7. The first kappa shape index (κ1) is 13.0. The van der Waals surface area contributed by atoms with Crippen molar-refractivity contribution in [3.05, 3.63) is 0 Å². The third kappa shape index (κ3) is 1.91. The van der Waals surface area contributed by atoms with Crippen LogP contribution in [0, 0.1) is 0 Å².